The van der Waals surface area contributed by atoms with Crippen LogP contribution in [-0.2, 0) is 11.3 Å². The molecule has 0 aliphatic rings. The lowest BCUT2D eigenvalue weighted by Crippen LogP contribution is -2.03. The summed E-state index contributed by atoms with van der Waals surface area (Å²) in [6.45, 7) is 1.39. The summed E-state index contributed by atoms with van der Waals surface area (Å²) in [4.78, 5) is 3.11. The van der Waals surface area contributed by atoms with Gasteiger partial charge < -0.3 is 14.3 Å². The molecule has 0 saturated heterocycles. The molecule has 1 aromatic carbocycles. The van der Waals surface area contributed by atoms with Gasteiger partial charge in [0, 0.05) is 18.7 Å². The predicted octanol–water partition coefficient (Wildman–Crippen LogP) is 3.00. The molecule has 1 N–H and O–H groups in total. The normalized spacial score (nSPS) is 11.1. The Morgan fingerprint density at radius 1 is 1.53 bits per heavy atom. The lowest BCUT2D eigenvalue weighted by atomic mass is 10.3. The van der Waals surface area contributed by atoms with E-state index in [0.717, 1.165) is 17.6 Å². The quantitative estimate of drug-likeness (QED) is 0.839. The van der Waals surface area contributed by atoms with Crippen LogP contribution in [0.2, 0.25) is 5.02 Å². The standard InChI is InChI=1S/C10H11ClN2OS/c1-14-5-4-13-9-3-2-7(11)6-8(9)12-10(13)15/h2-3,6H,4-5H2,1H3,(H,12,15). The maximum atomic E-state index is 5.90. The molecule has 0 aliphatic heterocycles. The van der Waals surface area contributed by atoms with Crippen molar-refractivity contribution in [3.8, 4) is 0 Å². The molecule has 80 valence electrons. The van der Waals surface area contributed by atoms with E-state index in [0.29, 0.717) is 16.4 Å². The first-order chi connectivity index (χ1) is 7.22. The topological polar surface area (TPSA) is 29.9 Å². The molecule has 15 heavy (non-hydrogen) atoms. The number of aromatic nitrogens is 2. The minimum Gasteiger partial charge on any atom is -0.383 e. The largest absolute Gasteiger partial charge is 0.383 e. The molecule has 5 heteroatoms. The van der Waals surface area contributed by atoms with E-state index in [-0.39, 0.29) is 0 Å². The molecular formula is C10H11ClN2OS. The lowest BCUT2D eigenvalue weighted by molar-refractivity contribution is 0.188. The van der Waals surface area contributed by atoms with Crippen LogP contribution in [0.25, 0.3) is 11.0 Å². The maximum Gasteiger partial charge on any atom is 0.178 e. The number of ether oxygens (including phenoxy) is 1. The summed E-state index contributed by atoms with van der Waals surface area (Å²) in [6, 6.07) is 5.69. The molecule has 0 bridgehead atoms. The average Bonchev–Trinajstić information content (AvgIpc) is 2.50. The van der Waals surface area contributed by atoms with Crippen LogP contribution in [0.3, 0.4) is 0 Å². The Morgan fingerprint density at radius 2 is 2.33 bits per heavy atom. The SMILES string of the molecule is COCCn1c(=S)[nH]c2cc(Cl)ccc21. The van der Waals surface area contributed by atoms with Crippen LogP contribution in [0, 0.1) is 4.77 Å². The molecule has 0 unspecified atom stereocenters. The molecule has 0 amide bonds. The Bertz CT molecular complexity index is 532. The van der Waals surface area contributed by atoms with Gasteiger partial charge in [0.2, 0.25) is 0 Å². The van der Waals surface area contributed by atoms with Crippen LogP contribution in [0.15, 0.2) is 18.2 Å². The molecule has 0 spiro atoms. The first-order valence-electron chi connectivity index (χ1n) is 4.59. The van der Waals surface area contributed by atoms with Crippen LogP contribution >= 0.6 is 23.8 Å². The molecule has 0 radical (unpaired) electrons. The second-order valence-electron chi connectivity index (χ2n) is 3.24. The van der Waals surface area contributed by atoms with E-state index in [2.05, 4.69) is 4.98 Å². The van der Waals surface area contributed by atoms with Crippen molar-refractivity contribution >= 4 is 34.9 Å². The molecular weight excluding hydrogens is 232 g/mol. The summed E-state index contributed by atoms with van der Waals surface area (Å²) in [6.07, 6.45) is 0. The van der Waals surface area contributed by atoms with E-state index in [1.54, 1.807) is 7.11 Å². The first kappa shape index (κ1) is 10.7. The fourth-order valence-electron chi connectivity index (χ4n) is 1.54. The van der Waals surface area contributed by atoms with Crippen LogP contribution in [0.4, 0.5) is 0 Å². The highest BCUT2D eigenvalue weighted by molar-refractivity contribution is 7.71. The van der Waals surface area contributed by atoms with Crippen molar-refractivity contribution in [3.05, 3.63) is 28.0 Å². The van der Waals surface area contributed by atoms with E-state index < -0.39 is 0 Å². The van der Waals surface area contributed by atoms with Gasteiger partial charge in [-0.15, -0.1) is 0 Å². The monoisotopic (exact) mass is 242 g/mol. The number of nitrogens with one attached hydrogen (secondary N) is 1. The highest BCUT2D eigenvalue weighted by Crippen LogP contribution is 2.18. The number of fused-ring (bicyclic) bond motifs is 1. The van der Waals surface area contributed by atoms with Gasteiger partial charge in [-0.3, -0.25) is 0 Å². The summed E-state index contributed by atoms with van der Waals surface area (Å²) >= 11 is 11.1. The van der Waals surface area contributed by atoms with E-state index in [1.807, 2.05) is 22.8 Å². The van der Waals surface area contributed by atoms with Gasteiger partial charge >= 0.3 is 0 Å². The summed E-state index contributed by atoms with van der Waals surface area (Å²) in [5.41, 5.74) is 2.02. The number of imidazole rings is 1. The van der Waals surface area contributed by atoms with Gasteiger partial charge in [0.05, 0.1) is 17.6 Å². The highest BCUT2D eigenvalue weighted by atomic mass is 35.5. The number of benzene rings is 1. The highest BCUT2D eigenvalue weighted by Gasteiger charge is 2.03. The van der Waals surface area contributed by atoms with Crippen LogP contribution in [0.5, 0.6) is 0 Å². The Kier molecular flexibility index (Phi) is 3.09. The van der Waals surface area contributed by atoms with Gasteiger partial charge in [-0.2, -0.15) is 0 Å². The fourth-order valence-corrected chi connectivity index (χ4v) is 2.01. The number of rotatable bonds is 3. The number of H-pyrrole nitrogens is 1. The number of halogens is 1. The number of hydrogen-bond donors (Lipinski definition) is 1. The number of hydrogen-bond acceptors (Lipinski definition) is 2. The Balaban J connectivity index is 2.53. The minimum atomic E-state index is 0.643. The van der Waals surface area contributed by atoms with E-state index in [9.17, 15) is 0 Å². The summed E-state index contributed by atoms with van der Waals surface area (Å²) in [7, 11) is 1.68. The zero-order chi connectivity index (χ0) is 10.8. The molecule has 0 saturated carbocycles. The van der Waals surface area contributed by atoms with E-state index in [1.165, 1.54) is 0 Å². The van der Waals surface area contributed by atoms with Crippen LogP contribution in [-0.4, -0.2) is 23.3 Å². The maximum absolute atomic E-state index is 5.90. The molecule has 0 fully saturated rings. The van der Waals surface area contributed by atoms with Gasteiger partial charge in [-0.05, 0) is 30.4 Å². The summed E-state index contributed by atoms with van der Waals surface area (Å²) < 4.78 is 7.74. The van der Waals surface area contributed by atoms with Crippen LogP contribution in [0.1, 0.15) is 0 Å². The zero-order valence-corrected chi connectivity index (χ0v) is 9.86. The molecule has 2 rings (SSSR count). The molecule has 2 aromatic rings. The average molecular weight is 243 g/mol. The first-order valence-corrected chi connectivity index (χ1v) is 5.38. The predicted molar refractivity (Wildman–Crippen MR) is 64.0 cm³/mol. The number of methoxy groups -OCH3 is 1. The third kappa shape index (κ3) is 2.07. The van der Waals surface area contributed by atoms with Crippen molar-refractivity contribution in [2.45, 2.75) is 6.54 Å². The number of nitrogens with zero attached hydrogens (tertiary/aromatic N) is 1. The minimum absolute atomic E-state index is 0.643. The zero-order valence-electron chi connectivity index (χ0n) is 8.29. The van der Waals surface area contributed by atoms with E-state index >= 15 is 0 Å². The summed E-state index contributed by atoms with van der Waals surface area (Å²) in [5.74, 6) is 0. The Morgan fingerprint density at radius 3 is 3.07 bits per heavy atom. The van der Waals surface area contributed by atoms with Crippen molar-refractivity contribution in [2.24, 2.45) is 0 Å². The second kappa shape index (κ2) is 4.35. The Hall–Kier alpha value is -0.840. The van der Waals surface area contributed by atoms with Crippen molar-refractivity contribution in [3.63, 3.8) is 0 Å². The molecule has 0 atom stereocenters. The molecule has 0 aliphatic carbocycles. The van der Waals surface area contributed by atoms with Gasteiger partial charge in [0.25, 0.3) is 0 Å². The van der Waals surface area contributed by atoms with Crippen molar-refractivity contribution in [1.29, 1.82) is 0 Å². The van der Waals surface area contributed by atoms with Gasteiger partial charge in [0.1, 0.15) is 0 Å². The lowest BCUT2D eigenvalue weighted by Gasteiger charge is -2.02. The second-order valence-corrected chi connectivity index (χ2v) is 4.06. The van der Waals surface area contributed by atoms with Gasteiger partial charge in [-0.1, -0.05) is 11.6 Å². The molecule has 1 aromatic heterocycles. The van der Waals surface area contributed by atoms with E-state index in [4.69, 9.17) is 28.6 Å². The fraction of sp³-hybridized carbons (Fsp3) is 0.300. The molecule has 1 heterocycles. The third-order valence-corrected chi connectivity index (χ3v) is 2.81. The van der Waals surface area contributed by atoms with Crippen LogP contribution < -0.4 is 0 Å². The Labute approximate surface area is 97.6 Å². The van der Waals surface area contributed by atoms with Gasteiger partial charge in [-0.25, -0.2) is 0 Å². The smallest absolute Gasteiger partial charge is 0.178 e. The van der Waals surface area contributed by atoms with Crippen molar-refractivity contribution < 1.29 is 4.74 Å². The summed E-state index contributed by atoms with van der Waals surface area (Å²) in [5, 5.41) is 0.706. The van der Waals surface area contributed by atoms with Crippen molar-refractivity contribution in [1.82, 2.24) is 9.55 Å². The number of aromatic amines is 1. The van der Waals surface area contributed by atoms with Crippen molar-refractivity contribution in [2.75, 3.05) is 13.7 Å². The third-order valence-electron chi connectivity index (χ3n) is 2.26. The molecule has 3 nitrogen and oxygen atoms in total. The van der Waals surface area contributed by atoms with Gasteiger partial charge in [0.15, 0.2) is 4.77 Å².